The van der Waals surface area contributed by atoms with E-state index < -0.39 is 6.10 Å². The molecule has 1 N–H and O–H groups in total. The average Bonchev–Trinajstić information content (AvgIpc) is 2.57. The molecule has 0 fully saturated rings. The molecule has 2 rings (SSSR count). The van der Waals surface area contributed by atoms with E-state index in [1.54, 1.807) is 0 Å². The van der Waals surface area contributed by atoms with Gasteiger partial charge in [-0.25, -0.2) is 0 Å². The van der Waals surface area contributed by atoms with Gasteiger partial charge in [0.2, 0.25) is 0 Å². The molecule has 0 saturated heterocycles. The Morgan fingerprint density at radius 2 is 1.80 bits per heavy atom. The molecule has 25 heavy (non-hydrogen) atoms. The Balaban J connectivity index is 1.79. The molecule has 0 aliphatic heterocycles. The molecule has 0 spiro atoms. The van der Waals surface area contributed by atoms with Crippen molar-refractivity contribution in [3.05, 3.63) is 64.7 Å². The molecule has 0 aliphatic carbocycles. The van der Waals surface area contributed by atoms with Gasteiger partial charge in [0.25, 0.3) is 0 Å². The van der Waals surface area contributed by atoms with E-state index in [1.807, 2.05) is 55.4 Å². The van der Waals surface area contributed by atoms with Crippen LogP contribution in [0.25, 0.3) is 0 Å². The van der Waals surface area contributed by atoms with Gasteiger partial charge < -0.3 is 14.7 Å². The Hall–Kier alpha value is -1.55. The molecule has 1 unspecified atom stereocenters. The molecule has 0 bridgehead atoms. The molecule has 0 saturated carbocycles. The van der Waals surface area contributed by atoms with Crippen molar-refractivity contribution in [1.29, 1.82) is 0 Å². The van der Waals surface area contributed by atoms with Crippen LogP contribution in [0.5, 0.6) is 5.75 Å². The van der Waals surface area contributed by atoms with Gasteiger partial charge in [0, 0.05) is 11.6 Å². The Labute approximate surface area is 156 Å². The third-order valence-corrected chi connectivity index (χ3v) is 4.27. The van der Waals surface area contributed by atoms with Crippen LogP contribution in [0, 0.1) is 0 Å². The number of likely N-dealkylation sites (N-methyl/N-ethyl adjacent to an activating group) is 1. The molecule has 0 heterocycles. The van der Waals surface area contributed by atoms with Gasteiger partial charge in [-0.3, -0.25) is 0 Å². The fourth-order valence-electron chi connectivity index (χ4n) is 2.85. The minimum Gasteiger partial charge on any atom is -0.491 e. The number of rotatable bonds is 10. The summed E-state index contributed by atoms with van der Waals surface area (Å²) in [4.78, 5) is 1.95. The van der Waals surface area contributed by atoms with Crippen molar-refractivity contribution in [2.24, 2.45) is 0 Å². The highest BCUT2D eigenvalue weighted by molar-refractivity contribution is 6.30. The van der Waals surface area contributed by atoms with Crippen LogP contribution >= 0.6 is 11.6 Å². The van der Waals surface area contributed by atoms with E-state index in [9.17, 15) is 5.11 Å². The van der Waals surface area contributed by atoms with Crippen LogP contribution in [0.3, 0.4) is 0 Å². The lowest BCUT2D eigenvalue weighted by atomic mass is 10.0. The second kappa shape index (κ2) is 10.4. The summed E-state index contributed by atoms with van der Waals surface area (Å²) in [6.07, 6.45) is 3.72. The van der Waals surface area contributed by atoms with Gasteiger partial charge in [-0.1, -0.05) is 41.9 Å². The first-order valence-electron chi connectivity index (χ1n) is 8.82. The largest absolute Gasteiger partial charge is 0.491 e. The summed E-state index contributed by atoms with van der Waals surface area (Å²) in [5.41, 5.74) is 2.48. The van der Waals surface area contributed by atoms with E-state index in [2.05, 4.69) is 12.1 Å². The predicted octanol–water partition coefficient (Wildman–Crippen LogP) is 4.21. The number of para-hydroxylation sites is 1. The quantitative estimate of drug-likeness (QED) is 0.643. The number of aryl methyl sites for hydroxylation is 2. The highest BCUT2D eigenvalue weighted by atomic mass is 35.5. The summed E-state index contributed by atoms with van der Waals surface area (Å²) < 4.78 is 5.84. The zero-order valence-electron chi connectivity index (χ0n) is 15.1. The van der Waals surface area contributed by atoms with Gasteiger partial charge >= 0.3 is 0 Å². The summed E-state index contributed by atoms with van der Waals surface area (Å²) in [7, 11) is 3.88. The van der Waals surface area contributed by atoms with E-state index in [4.69, 9.17) is 16.3 Å². The van der Waals surface area contributed by atoms with Crippen LogP contribution in [0.15, 0.2) is 48.5 Å². The van der Waals surface area contributed by atoms with Crippen LogP contribution in [0.2, 0.25) is 5.02 Å². The van der Waals surface area contributed by atoms with E-state index in [0.29, 0.717) is 13.2 Å². The number of hydrogen-bond donors (Lipinski definition) is 1. The van der Waals surface area contributed by atoms with Gasteiger partial charge in [-0.2, -0.15) is 0 Å². The summed E-state index contributed by atoms with van der Waals surface area (Å²) in [6.45, 7) is 0.916. The van der Waals surface area contributed by atoms with Crippen molar-refractivity contribution in [1.82, 2.24) is 4.90 Å². The lowest BCUT2D eigenvalue weighted by Crippen LogP contribution is -2.30. The van der Waals surface area contributed by atoms with Crippen molar-refractivity contribution < 1.29 is 9.84 Å². The number of hydrogen-bond acceptors (Lipinski definition) is 3. The smallest absolute Gasteiger partial charge is 0.122 e. The number of nitrogens with zero attached hydrogens (tertiary/aromatic N) is 1. The predicted molar refractivity (Wildman–Crippen MR) is 105 cm³/mol. The minimum absolute atomic E-state index is 0.317. The lowest BCUT2D eigenvalue weighted by molar-refractivity contribution is 0.0827. The first-order chi connectivity index (χ1) is 12.0. The molecule has 4 heteroatoms. The molecule has 2 aromatic carbocycles. The average molecular weight is 362 g/mol. The zero-order chi connectivity index (χ0) is 18.1. The maximum absolute atomic E-state index is 9.96. The van der Waals surface area contributed by atoms with Crippen LogP contribution in [0.1, 0.15) is 24.0 Å². The van der Waals surface area contributed by atoms with Crippen molar-refractivity contribution in [3.63, 3.8) is 0 Å². The number of ether oxygens (including phenoxy) is 1. The molecule has 2 aromatic rings. The monoisotopic (exact) mass is 361 g/mol. The van der Waals surface area contributed by atoms with E-state index in [-0.39, 0.29) is 0 Å². The molecular weight excluding hydrogens is 334 g/mol. The van der Waals surface area contributed by atoms with Crippen LogP contribution in [0.4, 0.5) is 0 Å². The SMILES string of the molecule is CN(C)CC(O)COc1ccccc1CCCCc1cccc(Cl)c1. The molecule has 1 atom stereocenters. The summed E-state index contributed by atoms with van der Waals surface area (Å²) >= 11 is 6.03. The second-order valence-corrected chi connectivity index (χ2v) is 7.11. The van der Waals surface area contributed by atoms with Crippen molar-refractivity contribution in [3.8, 4) is 5.75 Å². The van der Waals surface area contributed by atoms with Gasteiger partial charge in [-0.05, 0) is 69.1 Å². The number of benzene rings is 2. The highest BCUT2D eigenvalue weighted by Gasteiger charge is 2.09. The fraction of sp³-hybridized carbons (Fsp3) is 0.429. The second-order valence-electron chi connectivity index (χ2n) is 6.67. The third kappa shape index (κ3) is 7.47. The maximum atomic E-state index is 9.96. The summed E-state index contributed by atoms with van der Waals surface area (Å²) in [5, 5.41) is 10.8. The number of unbranched alkanes of at least 4 members (excludes halogenated alkanes) is 1. The van der Waals surface area contributed by atoms with E-state index in [0.717, 1.165) is 36.5 Å². The maximum Gasteiger partial charge on any atom is 0.122 e. The summed E-state index contributed by atoms with van der Waals surface area (Å²) in [5.74, 6) is 0.878. The molecule has 0 amide bonds. The van der Waals surface area contributed by atoms with Gasteiger partial charge in [0.05, 0.1) is 0 Å². The van der Waals surface area contributed by atoms with Gasteiger partial charge in [0.1, 0.15) is 18.5 Å². The highest BCUT2D eigenvalue weighted by Crippen LogP contribution is 2.21. The zero-order valence-corrected chi connectivity index (χ0v) is 15.9. The van der Waals surface area contributed by atoms with E-state index >= 15 is 0 Å². The van der Waals surface area contributed by atoms with Crippen molar-refractivity contribution in [2.75, 3.05) is 27.2 Å². The number of aliphatic hydroxyl groups is 1. The molecule has 0 radical (unpaired) electrons. The Bertz CT molecular complexity index is 645. The van der Waals surface area contributed by atoms with Crippen LogP contribution < -0.4 is 4.74 Å². The van der Waals surface area contributed by atoms with Gasteiger partial charge in [-0.15, -0.1) is 0 Å². The van der Waals surface area contributed by atoms with E-state index in [1.165, 1.54) is 11.1 Å². The Kier molecular flexibility index (Phi) is 8.26. The lowest BCUT2D eigenvalue weighted by Gasteiger charge is -2.18. The standard InChI is InChI=1S/C21H28ClNO2/c1-23(2)15-20(24)16-25-21-13-6-5-11-18(21)10-4-3-8-17-9-7-12-19(22)14-17/h5-7,9,11-14,20,24H,3-4,8,10,15-16H2,1-2H3. The van der Waals surface area contributed by atoms with Crippen molar-refractivity contribution >= 4 is 11.6 Å². The Morgan fingerprint density at radius 3 is 2.56 bits per heavy atom. The fourth-order valence-corrected chi connectivity index (χ4v) is 3.06. The molecular formula is C21H28ClNO2. The molecule has 3 nitrogen and oxygen atoms in total. The number of aliphatic hydroxyl groups excluding tert-OH is 1. The van der Waals surface area contributed by atoms with Gasteiger partial charge in [0.15, 0.2) is 0 Å². The topological polar surface area (TPSA) is 32.7 Å². The minimum atomic E-state index is -0.481. The normalized spacial score (nSPS) is 12.4. The van der Waals surface area contributed by atoms with Crippen molar-refractivity contribution in [2.45, 2.75) is 31.8 Å². The number of halogens is 1. The molecule has 0 aliphatic rings. The van der Waals surface area contributed by atoms with Crippen LogP contribution in [-0.4, -0.2) is 43.4 Å². The first kappa shape index (κ1) is 19.8. The Morgan fingerprint density at radius 1 is 1.04 bits per heavy atom. The third-order valence-electron chi connectivity index (χ3n) is 4.03. The van der Waals surface area contributed by atoms with Crippen LogP contribution in [-0.2, 0) is 12.8 Å². The summed E-state index contributed by atoms with van der Waals surface area (Å²) in [6, 6.07) is 16.2. The molecule has 136 valence electrons. The molecule has 0 aromatic heterocycles. The first-order valence-corrected chi connectivity index (χ1v) is 9.20.